The Morgan fingerprint density at radius 3 is 2.44 bits per heavy atom. The lowest BCUT2D eigenvalue weighted by molar-refractivity contribution is -0.113. The van der Waals surface area contributed by atoms with Crippen molar-refractivity contribution in [3.8, 4) is 0 Å². The Morgan fingerprint density at radius 1 is 1.17 bits per heavy atom. The Balaban J connectivity index is 2.44. The molecule has 0 fully saturated rings. The van der Waals surface area contributed by atoms with E-state index in [2.05, 4.69) is 5.32 Å². The van der Waals surface area contributed by atoms with Crippen LogP contribution in [0.15, 0.2) is 30.3 Å². The van der Waals surface area contributed by atoms with Crippen molar-refractivity contribution in [2.24, 2.45) is 5.73 Å². The number of nitrogens with two attached hydrogens (primary N) is 1. The fourth-order valence-electron chi connectivity index (χ4n) is 1.46. The number of para-hydroxylation sites is 1. The standard InChI is InChI=1S/C12H18N2O3S/c13-8-4-5-9-18(16,17)10-12(15)14-11-6-2-1-3-7-11/h1-3,6-7H,4-5,8-10,13H2,(H,14,15). The number of carbonyl (C=O) groups is 1. The van der Waals surface area contributed by atoms with Crippen LogP contribution >= 0.6 is 0 Å². The second-order valence-corrected chi connectivity index (χ2v) is 6.19. The molecule has 3 N–H and O–H groups in total. The summed E-state index contributed by atoms with van der Waals surface area (Å²) in [5.74, 6) is -0.979. The summed E-state index contributed by atoms with van der Waals surface area (Å²) < 4.78 is 23.2. The molecule has 0 bridgehead atoms. The van der Waals surface area contributed by atoms with Gasteiger partial charge in [0.2, 0.25) is 5.91 Å². The average Bonchev–Trinajstić information content (AvgIpc) is 2.29. The highest BCUT2D eigenvalue weighted by Crippen LogP contribution is 2.05. The second kappa shape index (κ2) is 7.13. The molecule has 0 spiro atoms. The summed E-state index contributed by atoms with van der Waals surface area (Å²) in [5, 5.41) is 2.55. The van der Waals surface area contributed by atoms with Gasteiger partial charge in [-0.1, -0.05) is 18.2 Å². The molecule has 0 unspecified atom stereocenters. The largest absolute Gasteiger partial charge is 0.330 e. The summed E-state index contributed by atoms with van der Waals surface area (Å²) in [6.45, 7) is 0.464. The van der Waals surface area contributed by atoms with Gasteiger partial charge in [-0.25, -0.2) is 8.42 Å². The predicted octanol–water partition coefficient (Wildman–Crippen LogP) is 0.779. The van der Waals surface area contributed by atoms with Crippen molar-refractivity contribution < 1.29 is 13.2 Å². The van der Waals surface area contributed by atoms with E-state index in [9.17, 15) is 13.2 Å². The maximum atomic E-state index is 11.6. The first kappa shape index (κ1) is 14.7. The topological polar surface area (TPSA) is 89.3 Å². The number of carbonyl (C=O) groups excluding carboxylic acids is 1. The lowest BCUT2D eigenvalue weighted by atomic mass is 10.3. The molecule has 5 nitrogen and oxygen atoms in total. The van der Waals surface area contributed by atoms with Crippen LogP contribution in [0.2, 0.25) is 0 Å². The van der Waals surface area contributed by atoms with Crippen LogP contribution in [0, 0.1) is 0 Å². The molecule has 1 amide bonds. The molecule has 1 rings (SSSR count). The van der Waals surface area contributed by atoms with Crippen LogP contribution in [0.3, 0.4) is 0 Å². The van der Waals surface area contributed by atoms with Gasteiger partial charge < -0.3 is 11.1 Å². The molecular formula is C12H18N2O3S. The van der Waals surface area contributed by atoms with Crippen molar-refractivity contribution in [3.63, 3.8) is 0 Å². The lowest BCUT2D eigenvalue weighted by Crippen LogP contribution is -2.24. The van der Waals surface area contributed by atoms with Gasteiger partial charge in [-0.2, -0.15) is 0 Å². The van der Waals surface area contributed by atoms with Gasteiger partial charge in [0.1, 0.15) is 5.75 Å². The molecule has 0 radical (unpaired) electrons. The van der Waals surface area contributed by atoms with Crippen LogP contribution in [-0.4, -0.2) is 32.4 Å². The number of anilines is 1. The van der Waals surface area contributed by atoms with Crippen molar-refractivity contribution in [1.82, 2.24) is 0 Å². The van der Waals surface area contributed by atoms with Crippen LogP contribution in [0.1, 0.15) is 12.8 Å². The maximum absolute atomic E-state index is 11.6. The lowest BCUT2D eigenvalue weighted by Gasteiger charge is -2.06. The van der Waals surface area contributed by atoms with Gasteiger partial charge in [-0.05, 0) is 31.5 Å². The van der Waals surface area contributed by atoms with E-state index >= 15 is 0 Å². The van der Waals surface area contributed by atoms with E-state index in [0.717, 1.165) is 0 Å². The van der Waals surface area contributed by atoms with Crippen LogP contribution in [0.5, 0.6) is 0 Å². The van der Waals surface area contributed by atoms with E-state index < -0.39 is 21.5 Å². The second-order valence-electron chi connectivity index (χ2n) is 4.00. The van der Waals surface area contributed by atoms with E-state index in [-0.39, 0.29) is 5.75 Å². The third-order valence-corrected chi connectivity index (χ3v) is 3.93. The van der Waals surface area contributed by atoms with E-state index in [1.807, 2.05) is 6.07 Å². The summed E-state index contributed by atoms with van der Waals surface area (Å²) in [5.41, 5.74) is 5.88. The van der Waals surface area contributed by atoms with Gasteiger partial charge in [0.15, 0.2) is 9.84 Å². The average molecular weight is 270 g/mol. The predicted molar refractivity (Wildman–Crippen MR) is 72.0 cm³/mol. The van der Waals surface area contributed by atoms with Crippen molar-refractivity contribution >= 4 is 21.4 Å². The van der Waals surface area contributed by atoms with Gasteiger partial charge in [-0.15, -0.1) is 0 Å². The molecule has 0 aromatic heterocycles. The van der Waals surface area contributed by atoms with Crippen molar-refractivity contribution in [2.75, 3.05) is 23.4 Å². The van der Waals surface area contributed by atoms with Gasteiger partial charge >= 0.3 is 0 Å². The number of rotatable bonds is 7. The number of amides is 1. The van der Waals surface area contributed by atoms with E-state index in [4.69, 9.17) is 5.73 Å². The number of nitrogens with one attached hydrogen (secondary N) is 1. The van der Waals surface area contributed by atoms with Crippen molar-refractivity contribution in [3.05, 3.63) is 30.3 Å². The molecular weight excluding hydrogens is 252 g/mol. The molecule has 0 aliphatic carbocycles. The molecule has 0 saturated carbocycles. The van der Waals surface area contributed by atoms with Crippen LogP contribution in [0.25, 0.3) is 0 Å². The molecule has 0 heterocycles. The molecule has 100 valence electrons. The summed E-state index contributed by atoms with van der Waals surface area (Å²) in [7, 11) is -3.34. The molecule has 1 aromatic rings. The van der Waals surface area contributed by atoms with E-state index in [0.29, 0.717) is 25.1 Å². The van der Waals surface area contributed by atoms with Crippen molar-refractivity contribution in [1.29, 1.82) is 0 Å². The Labute approximate surface area is 107 Å². The minimum absolute atomic E-state index is 0.00636. The summed E-state index contributed by atoms with van der Waals surface area (Å²) in [6.07, 6.45) is 1.15. The zero-order valence-electron chi connectivity index (χ0n) is 10.1. The minimum atomic E-state index is -3.34. The molecule has 1 aromatic carbocycles. The summed E-state index contributed by atoms with van der Waals surface area (Å²) >= 11 is 0. The minimum Gasteiger partial charge on any atom is -0.330 e. The number of unbranched alkanes of at least 4 members (excludes halogenated alkanes) is 1. The number of benzene rings is 1. The van der Waals surface area contributed by atoms with Crippen LogP contribution in [-0.2, 0) is 14.6 Å². The molecule has 6 heteroatoms. The van der Waals surface area contributed by atoms with Crippen molar-refractivity contribution in [2.45, 2.75) is 12.8 Å². The number of sulfone groups is 1. The quantitative estimate of drug-likeness (QED) is 0.716. The zero-order chi connectivity index (χ0) is 13.4. The third-order valence-electron chi connectivity index (χ3n) is 2.32. The van der Waals surface area contributed by atoms with Gasteiger partial charge in [-0.3, -0.25) is 4.79 Å². The van der Waals surface area contributed by atoms with Crippen LogP contribution in [0.4, 0.5) is 5.69 Å². The Kier molecular flexibility index (Phi) is 5.80. The molecule has 0 aliphatic heterocycles. The Bertz CT molecular complexity index is 471. The Hall–Kier alpha value is -1.40. The van der Waals surface area contributed by atoms with E-state index in [1.54, 1.807) is 24.3 Å². The fraction of sp³-hybridized carbons (Fsp3) is 0.417. The molecule has 18 heavy (non-hydrogen) atoms. The smallest absolute Gasteiger partial charge is 0.239 e. The normalized spacial score (nSPS) is 11.2. The number of hydrogen-bond donors (Lipinski definition) is 2. The van der Waals surface area contributed by atoms with Gasteiger partial charge in [0.25, 0.3) is 0 Å². The van der Waals surface area contributed by atoms with Gasteiger partial charge in [0, 0.05) is 5.69 Å². The third kappa shape index (κ3) is 5.79. The maximum Gasteiger partial charge on any atom is 0.239 e. The highest BCUT2D eigenvalue weighted by Gasteiger charge is 2.16. The summed E-state index contributed by atoms with van der Waals surface area (Å²) in [6, 6.07) is 8.77. The monoisotopic (exact) mass is 270 g/mol. The first-order valence-electron chi connectivity index (χ1n) is 5.79. The Morgan fingerprint density at radius 2 is 1.83 bits per heavy atom. The fourth-order valence-corrected chi connectivity index (χ4v) is 2.72. The number of hydrogen-bond acceptors (Lipinski definition) is 4. The van der Waals surface area contributed by atoms with Gasteiger partial charge in [0.05, 0.1) is 5.75 Å². The summed E-state index contributed by atoms with van der Waals surface area (Å²) in [4.78, 5) is 11.5. The van der Waals surface area contributed by atoms with Crippen LogP contribution < -0.4 is 11.1 Å². The first-order chi connectivity index (χ1) is 8.53. The highest BCUT2D eigenvalue weighted by molar-refractivity contribution is 7.92. The zero-order valence-corrected chi connectivity index (χ0v) is 10.9. The molecule has 0 aliphatic rings. The molecule has 0 atom stereocenters. The first-order valence-corrected chi connectivity index (χ1v) is 7.61. The SMILES string of the molecule is NCCCCS(=O)(=O)CC(=O)Nc1ccccc1. The highest BCUT2D eigenvalue weighted by atomic mass is 32.2. The molecule has 0 saturated heterocycles. The van der Waals surface area contributed by atoms with E-state index in [1.165, 1.54) is 0 Å².